The molecule has 13 aromatic rings. The summed E-state index contributed by atoms with van der Waals surface area (Å²) in [4.78, 5) is 4.55. The molecule has 0 aliphatic carbocycles. The number of hydrogen-bond acceptors (Lipinski definition) is 3. The zero-order chi connectivity index (χ0) is 79.7. The summed E-state index contributed by atoms with van der Waals surface area (Å²) in [6, 6.07) is 68.4. The minimum absolute atomic E-state index is 0.0146. The van der Waals surface area contributed by atoms with Crippen LogP contribution in [0.5, 0.6) is 0 Å². The molecule has 12 aromatic carbocycles. The van der Waals surface area contributed by atoms with Crippen molar-refractivity contribution < 1.29 is 12.3 Å². The Morgan fingerprint density at radius 3 is 1.23 bits per heavy atom. The monoisotopic (exact) mass is 1340 g/mol. The molecule has 0 amide bonds. The highest BCUT2D eigenvalue weighted by molar-refractivity contribution is 7.00. The zero-order valence-corrected chi connectivity index (χ0v) is 62.3. The first-order valence-electron chi connectivity index (χ1n) is 40.4. The van der Waals surface area contributed by atoms with E-state index in [9.17, 15) is 16.2 Å². The van der Waals surface area contributed by atoms with Gasteiger partial charge in [-0.25, -0.2) is 0 Å². The lowest BCUT2D eigenvalue weighted by Gasteiger charge is -2.46. The van der Waals surface area contributed by atoms with Crippen LogP contribution in [0, 0.1) is 11.3 Å². The molecule has 5 heteroatoms. The van der Waals surface area contributed by atoms with Gasteiger partial charge in [0.1, 0.15) is 11.6 Å². The van der Waals surface area contributed by atoms with E-state index in [2.05, 4.69) is 264 Å². The molecule has 2 aliphatic rings. The molecule has 0 saturated carbocycles. The molecule has 0 fully saturated rings. The Bertz CT molecular complexity index is 5940. The third kappa shape index (κ3) is 11.9. The molecule has 1 aromatic heterocycles. The molecule has 0 radical (unpaired) electrons. The third-order valence-electron chi connectivity index (χ3n) is 21.0. The third-order valence-corrected chi connectivity index (χ3v) is 21.0. The van der Waals surface area contributed by atoms with Gasteiger partial charge in [-0.3, -0.25) is 0 Å². The van der Waals surface area contributed by atoms with Gasteiger partial charge in [-0.15, -0.1) is 0 Å². The summed E-state index contributed by atoms with van der Waals surface area (Å²) in [5, 5.41) is 14.6. The Hall–Kier alpha value is -10.4. The summed E-state index contributed by atoms with van der Waals surface area (Å²) in [6.45, 7) is 38.5. The number of anilines is 6. The number of hydrogen-bond donors (Lipinski definition) is 0. The molecule has 15 rings (SSSR count). The molecule has 0 spiro atoms. The fourth-order valence-corrected chi connectivity index (χ4v) is 15.1. The summed E-state index contributed by atoms with van der Waals surface area (Å²) < 4.78 is 89.8. The van der Waals surface area contributed by atoms with Crippen LogP contribution in [0.1, 0.15) is 176 Å². The Labute approximate surface area is 619 Å². The fraction of sp³-hybridized carbons (Fsp3) is 0.247. The van der Waals surface area contributed by atoms with Gasteiger partial charge >= 0.3 is 0 Å². The summed E-state index contributed by atoms with van der Waals surface area (Å²) >= 11 is 0. The Morgan fingerprint density at radius 2 is 0.725 bits per heavy atom. The van der Waals surface area contributed by atoms with Gasteiger partial charge in [0.05, 0.1) is 40.4 Å². The van der Waals surface area contributed by atoms with Crippen LogP contribution in [0.25, 0.3) is 83.1 Å². The first-order valence-corrected chi connectivity index (χ1v) is 35.9. The van der Waals surface area contributed by atoms with Crippen molar-refractivity contribution in [2.45, 2.75) is 157 Å². The fourth-order valence-electron chi connectivity index (χ4n) is 15.1. The average molecular weight is 1340 g/mol. The molecule has 0 atom stereocenters. The van der Waals surface area contributed by atoms with Gasteiger partial charge in [0.2, 0.25) is 0 Å². The van der Waals surface area contributed by atoms with Crippen LogP contribution in [-0.2, 0) is 32.5 Å². The molecular formula is C97H95BN4. The SMILES string of the molecule is [2H]c1c([2H])c([2H])c(-c2ccc3c(c2)N(c2c(-c4ccccc4)cc(C(C)(C)C)cc2-c2c([2H])c([2H])c(C(C)(C)C)c([2H])c2[2H])c2cc(-c4cc(C(C)(C)C)cc(C(C)(C)C)c4)cc4c2B3c2ccc(-c3cc(C(C)(C)C)cc(C(C)(C)C)c3)cc2N4c2cccc(-n3c4ccccc4c4ccccc43)c2C#N)c([2H])c1[2H]. The van der Waals surface area contributed by atoms with Gasteiger partial charge in [0, 0.05) is 44.6 Å². The van der Waals surface area contributed by atoms with E-state index in [-0.39, 0.29) is 69.0 Å². The topological polar surface area (TPSA) is 35.2 Å². The van der Waals surface area contributed by atoms with Crippen LogP contribution >= 0.6 is 0 Å². The molecule has 3 heterocycles. The highest BCUT2D eigenvalue weighted by atomic mass is 15.2. The van der Waals surface area contributed by atoms with E-state index in [1.165, 1.54) is 11.1 Å². The molecule has 102 heavy (non-hydrogen) atoms. The molecule has 0 N–H and O–H groups in total. The predicted octanol–water partition coefficient (Wildman–Crippen LogP) is 24.9. The van der Waals surface area contributed by atoms with E-state index in [1.54, 1.807) is 0 Å². The van der Waals surface area contributed by atoms with Crippen molar-refractivity contribution >= 4 is 79.0 Å². The lowest BCUT2D eigenvalue weighted by molar-refractivity contribution is 0.568. The second kappa shape index (κ2) is 24.4. The molecule has 0 saturated heterocycles. The maximum atomic E-state index is 12.5. The average Bonchev–Trinajstić information content (AvgIpc) is 1.05. The van der Waals surface area contributed by atoms with Crippen molar-refractivity contribution in [3.63, 3.8) is 0 Å². The van der Waals surface area contributed by atoms with Crippen molar-refractivity contribution in [3.05, 3.63) is 287 Å². The highest BCUT2D eigenvalue weighted by Crippen LogP contribution is 2.54. The first kappa shape index (κ1) is 57.2. The summed E-state index contributed by atoms with van der Waals surface area (Å²) in [7, 11) is 0. The van der Waals surface area contributed by atoms with Crippen molar-refractivity contribution in [2.24, 2.45) is 0 Å². The van der Waals surface area contributed by atoms with E-state index < -0.39 is 35.7 Å². The molecule has 0 unspecified atom stereocenters. The lowest BCUT2D eigenvalue weighted by atomic mass is 9.33. The van der Waals surface area contributed by atoms with E-state index in [4.69, 9.17) is 1.37 Å². The van der Waals surface area contributed by atoms with Gasteiger partial charge in [-0.05, 0) is 187 Å². The number of nitriles is 1. The predicted molar refractivity (Wildman–Crippen MR) is 439 cm³/mol. The largest absolute Gasteiger partial charge is 0.310 e. The summed E-state index contributed by atoms with van der Waals surface area (Å²) in [5.41, 5.74) is 19.1. The Balaban J connectivity index is 1.19. The van der Waals surface area contributed by atoms with Crippen molar-refractivity contribution in [3.8, 4) is 67.4 Å². The van der Waals surface area contributed by atoms with Crippen molar-refractivity contribution in [1.82, 2.24) is 4.57 Å². The quantitative estimate of drug-likeness (QED) is 0.142. The van der Waals surface area contributed by atoms with Crippen molar-refractivity contribution in [2.75, 3.05) is 9.80 Å². The van der Waals surface area contributed by atoms with Crippen LogP contribution in [0.15, 0.2) is 249 Å². The van der Waals surface area contributed by atoms with Crippen LogP contribution in [0.3, 0.4) is 0 Å². The Morgan fingerprint density at radius 1 is 0.314 bits per heavy atom. The van der Waals surface area contributed by atoms with Gasteiger partial charge < -0.3 is 14.4 Å². The number of fused-ring (bicyclic) bond motifs is 7. The van der Waals surface area contributed by atoms with E-state index in [0.29, 0.717) is 56.3 Å². The number of para-hydroxylation sites is 2. The van der Waals surface area contributed by atoms with Gasteiger partial charge in [0.25, 0.3) is 6.71 Å². The van der Waals surface area contributed by atoms with Crippen LogP contribution in [0.2, 0.25) is 0 Å². The summed E-state index contributed by atoms with van der Waals surface area (Å²) in [5.74, 6) is 0. The molecule has 506 valence electrons. The molecule has 0 bridgehead atoms. The zero-order valence-electron chi connectivity index (χ0n) is 71.3. The molecular weight excluding hydrogens is 1230 g/mol. The first-order chi connectivity index (χ1) is 52.1. The lowest BCUT2D eigenvalue weighted by Crippen LogP contribution is -2.61. The maximum Gasteiger partial charge on any atom is 0.252 e. The minimum Gasteiger partial charge on any atom is -0.310 e. The van der Waals surface area contributed by atoms with Crippen LogP contribution in [-0.4, -0.2) is 11.3 Å². The minimum atomic E-state index is -0.788. The summed E-state index contributed by atoms with van der Waals surface area (Å²) in [6.07, 6.45) is 0. The van der Waals surface area contributed by atoms with Gasteiger partial charge in [-0.1, -0.05) is 312 Å². The van der Waals surface area contributed by atoms with Gasteiger partial charge in [-0.2, -0.15) is 5.26 Å². The smallest absolute Gasteiger partial charge is 0.252 e. The molecule has 4 nitrogen and oxygen atoms in total. The second-order valence-corrected chi connectivity index (χ2v) is 34.4. The second-order valence-electron chi connectivity index (χ2n) is 34.4. The maximum absolute atomic E-state index is 12.5. The molecule has 2 aliphatic heterocycles. The van der Waals surface area contributed by atoms with E-state index >= 15 is 0 Å². The Kier molecular flexibility index (Phi) is 13.7. The number of benzene rings is 12. The van der Waals surface area contributed by atoms with Crippen molar-refractivity contribution in [1.29, 1.82) is 5.26 Å². The van der Waals surface area contributed by atoms with E-state index in [1.807, 2.05) is 75.4 Å². The van der Waals surface area contributed by atoms with Gasteiger partial charge in [0.15, 0.2) is 0 Å². The number of aromatic nitrogens is 1. The number of nitrogens with zero attached hydrogens (tertiary/aromatic N) is 4. The standard InChI is InChI=1S/C97H95BN4/c1-92(2,3)69-44-40-63(41-45-69)78-59-74(97(16,17)18)58-77(62-32-23-20-24-33-62)91(78)102-87-52-64(61-30-21-19-22-31-61)42-46-81(87)98-80-47-43-65(66-48-70(93(4,5)6)56-71(49-66)94(7,8)9)53-86(80)101(88-54-68(55-89(102)90(88)98)67-50-72(95(10,11)12)57-73(51-67)96(13,14)15)85-39-29-38-84(79(85)60-99)100-82-36-27-25-34-75(82)76-35-26-28-37-83(76)100/h19-59H,1-18H3/i19D,21D,22D,30D,31D,40D,41D,44D,45D. The highest BCUT2D eigenvalue weighted by Gasteiger charge is 2.46. The number of rotatable bonds is 8. The normalized spacial score (nSPS) is 14.6. The van der Waals surface area contributed by atoms with Crippen LogP contribution in [0.4, 0.5) is 34.1 Å². The van der Waals surface area contributed by atoms with E-state index in [0.717, 1.165) is 94.1 Å². The van der Waals surface area contributed by atoms with Crippen LogP contribution < -0.4 is 26.2 Å².